The molecule has 6 heteroatoms. The molecule has 0 spiro atoms. The zero-order chi connectivity index (χ0) is 15.3. The van der Waals surface area contributed by atoms with Gasteiger partial charge in [-0.15, -0.1) is 0 Å². The lowest BCUT2D eigenvalue weighted by Crippen LogP contribution is -2.38. The topological polar surface area (TPSA) is 38.0 Å². The van der Waals surface area contributed by atoms with Gasteiger partial charge in [0.25, 0.3) is 0 Å². The smallest absolute Gasteiger partial charge is 0.271 e. The predicted octanol–water partition coefficient (Wildman–Crippen LogP) is 3.61. The maximum absolute atomic E-state index is 12.5. The van der Waals surface area contributed by atoms with Crippen molar-refractivity contribution in [2.45, 2.75) is 37.9 Å². The third-order valence-corrected chi connectivity index (χ3v) is 5.01. The molecule has 1 fully saturated rings. The van der Waals surface area contributed by atoms with Crippen LogP contribution >= 0.6 is 11.8 Å². The summed E-state index contributed by atoms with van der Waals surface area (Å²) in [5.41, 5.74) is 3.10. The van der Waals surface area contributed by atoms with Gasteiger partial charge in [0.15, 0.2) is 0 Å². The summed E-state index contributed by atoms with van der Waals surface area (Å²) in [6.45, 7) is 0. The second kappa shape index (κ2) is 7.51. The van der Waals surface area contributed by atoms with Crippen molar-refractivity contribution in [1.29, 1.82) is 0 Å². The molecule has 0 aromatic heterocycles. The summed E-state index contributed by atoms with van der Waals surface area (Å²) < 4.78 is 37.6. The Hall–Kier alpha value is -0.720. The SMILES string of the molecule is NNC(Cc1ccc(C(F)(F)F)cc1)CC1CCSCC1. The van der Waals surface area contributed by atoms with Crippen molar-refractivity contribution in [3.05, 3.63) is 35.4 Å². The summed E-state index contributed by atoms with van der Waals surface area (Å²) >= 11 is 1.98. The van der Waals surface area contributed by atoms with Crippen LogP contribution in [0.2, 0.25) is 0 Å². The molecule has 3 N–H and O–H groups in total. The Morgan fingerprint density at radius 2 is 1.81 bits per heavy atom. The molecule has 1 aliphatic heterocycles. The maximum Gasteiger partial charge on any atom is 0.416 e. The lowest BCUT2D eigenvalue weighted by Gasteiger charge is -2.26. The van der Waals surface area contributed by atoms with Crippen LogP contribution < -0.4 is 11.3 Å². The van der Waals surface area contributed by atoms with Crippen LogP contribution in [0.25, 0.3) is 0 Å². The lowest BCUT2D eigenvalue weighted by atomic mass is 9.91. The number of nitrogens with two attached hydrogens (primary N) is 1. The van der Waals surface area contributed by atoms with Crippen molar-refractivity contribution in [3.8, 4) is 0 Å². The number of rotatable bonds is 5. The molecule has 1 saturated heterocycles. The highest BCUT2D eigenvalue weighted by atomic mass is 32.2. The van der Waals surface area contributed by atoms with Crippen LogP contribution in [-0.4, -0.2) is 17.5 Å². The molecule has 1 unspecified atom stereocenters. The average molecular weight is 318 g/mol. The van der Waals surface area contributed by atoms with Crippen LogP contribution in [0.1, 0.15) is 30.4 Å². The highest BCUT2D eigenvalue weighted by Crippen LogP contribution is 2.30. The summed E-state index contributed by atoms with van der Waals surface area (Å²) in [5, 5.41) is 0. The Morgan fingerprint density at radius 1 is 1.19 bits per heavy atom. The molecule has 1 heterocycles. The molecule has 0 amide bonds. The highest BCUT2D eigenvalue weighted by Gasteiger charge is 2.30. The number of nitrogens with one attached hydrogen (secondary N) is 1. The van der Waals surface area contributed by atoms with E-state index in [1.807, 2.05) is 11.8 Å². The number of alkyl halides is 3. The Kier molecular flexibility index (Phi) is 5.96. The summed E-state index contributed by atoms with van der Waals surface area (Å²) in [7, 11) is 0. The first kappa shape index (κ1) is 16.6. The van der Waals surface area contributed by atoms with E-state index >= 15 is 0 Å². The van der Waals surface area contributed by atoms with E-state index < -0.39 is 11.7 Å². The van der Waals surface area contributed by atoms with E-state index in [2.05, 4.69) is 5.43 Å². The molecule has 0 bridgehead atoms. The van der Waals surface area contributed by atoms with Crippen molar-refractivity contribution in [2.75, 3.05) is 11.5 Å². The van der Waals surface area contributed by atoms with Crippen LogP contribution in [0.4, 0.5) is 13.2 Å². The van der Waals surface area contributed by atoms with Crippen molar-refractivity contribution >= 4 is 11.8 Å². The monoisotopic (exact) mass is 318 g/mol. The maximum atomic E-state index is 12.5. The van der Waals surface area contributed by atoms with Crippen LogP contribution in [0, 0.1) is 5.92 Å². The van der Waals surface area contributed by atoms with E-state index in [0.29, 0.717) is 12.3 Å². The van der Waals surface area contributed by atoms with E-state index in [0.717, 1.165) is 24.1 Å². The second-order valence-electron chi connectivity index (χ2n) is 5.55. The average Bonchev–Trinajstić information content (AvgIpc) is 2.47. The van der Waals surface area contributed by atoms with Crippen molar-refractivity contribution in [3.63, 3.8) is 0 Å². The van der Waals surface area contributed by atoms with E-state index in [9.17, 15) is 13.2 Å². The van der Waals surface area contributed by atoms with Gasteiger partial charge in [0.2, 0.25) is 0 Å². The van der Waals surface area contributed by atoms with Crippen molar-refractivity contribution < 1.29 is 13.2 Å². The second-order valence-corrected chi connectivity index (χ2v) is 6.78. The van der Waals surface area contributed by atoms with Gasteiger partial charge in [-0.2, -0.15) is 24.9 Å². The molecule has 1 aliphatic rings. The van der Waals surface area contributed by atoms with Crippen LogP contribution in [0.3, 0.4) is 0 Å². The molecule has 0 saturated carbocycles. The molecule has 0 aliphatic carbocycles. The molecule has 1 aromatic carbocycles. The molecule has 2 rings (SSSR count). The number of thioether (sulfide) groups is 1. The van der Waals surface area contributed by atoms with Gasteiger partial charge in [-0.25, -0.2) is 0 Å². The molecular weight excluding hydrogens is 297 g/mol. The number of hydrogen-bond donors (Lipinski definition) is 2. The van der Waals surface area contributed by atoms with Gasteiger partial charge < -0.3 is 0 Å². The number of benzene rings is 1. The number of hydrogen-bond acceptors (Lipinski definition) is 3. The first-order valence-corrected chi connectivity index (χ1v) is 8.34. The zero-order valence-corrected chi connectivity index (χ0v) is 12.6. The summed E-state index contributed by atoms with van der Waals surface area (Å²) in [6, 6.07) is 5.49. The molecule has 1 atom stereocenters. The molecule has 0 radical (unpaired) electrons. The van der Waals surface area contributed by atoms with Gasteiger partial charge in [-0.1, -0.05) is 12.1 Å². The number of hydrazine groups is 1. The Balaban J connectivity index is 1.91. The van der Waals surface area contributed by atoms with Crippen molar-refractivity contribution in [2.24, 2.45) is 11.8 Å². The molecular formula is C15H21F3N2S. The van der Waals surface area contributed by atoms with Gasteiger partial charge >= 0.3 is 6.18 Å². The number of halogens is 3. The zero-order valence-electron chi connectivity index (χ0n) is 11.8. The standard InChI is InChI=1S/C15H21F3N2S/c16-15(17,18)13-3-1-11(2-4-13)9-14(20-19)10-12-5-7-21-8-6-12/h1-4,12,14,20H,5-10,19H2. The Morgan fingerprint density at radius 3 is 2.33 bits per heavy atom. The quantitative estimate of drug-likeness (QED) is 0.643. The summed E-state index contributed by atoms with van der Waals surface area (Å²) in [5.74, 6) is 8.66. The Labute approximate surface area is 127 Å². The highest BCUT2D eigenvalue weighted by molar-refractivity contribution is 7.99. The third kappa shape index (κ3) is 5.20. The summed E-state index contributed by atoms with van der Waals surface area (Å²) in [4.78, 5) is 0. The predicted molar refractivity (Wildman–Crippen MR) is 80.9 cm³/mol. The van der Waals surface area contributed by atoms with E-state index in [-0.39, 0.29) is 6.04 Å². The van der Waals surface area contributed by atoms with Crippen molar-refractivity contribution in [1.82, 2.24) is 5.43 Å². The fourth-order valence-corrected chi connectivity index (χ4v) is 3.91. The normalized spacial score (nSPS) is 18.7. The minimum atomic E-state index is -4.27. The Bertz CT molecular complexity index is 428. The molecule has 118 valence electrons. The fourth-order valence-electron chi connectivity index (χ4n) is 2.71. The molecule has 2 nitrogen and oxygen atoms in total. The van der Waals surface area contributed by atoms with Crippen LogP contribution in [-0.2, 0) is 12.6 Å². The molecule has 1 aromatic rings. The van der Waals surface area contributed by atoms with E-state index in [1.165, 1.54) is 24.3 Å². The minimum Gasteiger partial charge on any atom is -0.271 e. The largest absolute Gasteiger partial charge is 0.416 e. The first-order chi connectivity index (χ1) is 9.99. The van der Waals surface area contributed by atoms with Crippen LogP contribution in [0.15, 0.2) is 24.3 Å². The first-order valence-electron chi connectivity index (χ1n) is 7.19. The van der Waals surface area contributed by atoms with Gasteiger partial charge in [0.05, 0.1) is 5.56 Å². The summed E-state index contributed by atoms with van der Waals surface area (Å²) in [6.07, 6.45) is -0.216. The van der Waals surface area contributed by atoms with Gasteiger partial charge in [0.1, 0.15) is 0 Å². The minimum absolute atomic E-state index is 0.120. The van der Waals surface area contributed by atoms with Crippen LogP contribution in [0.5, 0.6) is 0 Å². The van der Waals surface area contributed by atoms with E-state index in [4.69, 9.17) is 5.84 Å². The van der Waals surface area contributed by atoms with E-state index in [1.54, 1.807) is 12.1 Å². The van der Waals surface area contributed by atoms with Gasteiger partial charge in [-0.05, 0) is 60.8 Å². The van der Waals surface area contributed by atoms with Gasteiger partial charge in [-0.3, -0.25) is 11.3 Å². The lowest BCUT2D eigenvalue weighted by molar-refractivity contribution is -0.137. The molecule has 21 heavy (non-hydrogen) atoms. The fraction of sp³-hybridized carbons (Fsp3) is 0.600. The third-order valence-electron chi connectivity index (χ3n) is 3.96. The van der Waals surface area contributed by atoms with Gasteiger partial charge in [0, 0.05) is 6.04 Å².